The average Bonchev–Trinajstić information content (AvgIpc) is 2.87. The van der Waals surface area contributed by atoms with Crippen molar-refractivity contribution in [3.63, 3.8) is 0 Å². The number of rotatable bonds is 3. The summed E-state index contributed by atoms with van der Waals surface area (Å²) in [5.74, 6) is -0.0257. The maximum Gasteiger partial charge on any atom is 0.253 e. The predicted molar refractivity (Wildman–Crippen MR) is 83.4 cm³/mol. The van der Waals surface area contributed by atoms with E-state index in [9.17, 15) is 4.79 Å². The number of amides is 1. The molecule has 0 aliphatic heterocycles. The van der Waals surface area contributed by atoms with Gasteiger partial charge >= 0.3 is 0 Å². The number of carbonyl (C=O) groups is 1. The van der Waals surface area contributed by atoms with Crippen LogP contribution in [0.2, 0.25) is 0 Å². The topological polar surface area (TPSA) is 46.4 Å². The van der Waals surface area contributed by atoms with Crippen LogP contribution in [0, 0.1) is 6.92 Å². The summed E-state index contributed by atoms with van der Waals surface area (Å²) in [5.41, 5.74) is 3.85. The molecular weight excluding hydrogens is 262 g/mol. The van der Waals surface area contributed by atoms with Gasteiger partial charge in [0.05, 0.1) is 11.3 Å². The fraction of sp³-hybridized carbons (Fsp3) is 0.412. The third-order valence-electron chi connectivity index (χ3n) is 4.06. The van der Waals surface area contributed by atoms with E-state index < -0.39 is 0 Å². The summed E-state index contributed by atoms with van der Waals surface area (Å²) in [4.78, 5) is 16.7. The van der Waals surface area contributed by atoms with Crippen LogP contribution in [0.25, 0.3) is 5.65 Å². The molecule has 4 nitrogen and oxygen atoms in total. The minimum absolute atomic E-state index is 0.0257. The Kier molecular flexibility index (Phi) is 3.78. The lowest BCUT2D eigenvalue weighted by Gasteiger charge is -2.20. The van der Waals surface area contributed by atoms with Gasteiger partial charge in [0.1, 0.15) is 5.65 Å². The molecule has 4 heteroatoms. The quantitative estimate of drug-likeness (QED) is 0.879. The third-order valence-corrected chi connectivity index (χ3v) is 4.06. The van der Waals surface area contributed by atoms with Crippen LogP contribution < -0.4 is 5.32 Å². The molecule has 1 aliphatic carbocycles. The first-order chi connectivity index (χ1) is 10.1. The third kappa shape index (κ3) is 2.99. The molecule has 1 amide bonds. The van der Waals surface area contributed by atoms with Crippen LogP contribution in [0.5, 0.6) is 0 Å². The largest absolute Gasteiger partial charge is 0.346 e. The lowest BCUT2D eigenvalue weighted by atomic mass is 9.94. The number of carbonyl (C=O) groups excluding carboxylic acids is 1. The number of nitrogens with zero attached hydrogens (tertiary/aromatic N) is 2. The molecule has 2 aromatic heterocycles. The van der Waals surface area contributed by atoms with E-state index in [1.165, 1.54) is 18.4 Å². The van der Waals surface area contributed by atoms with Gasteiger partial charge < -0.3 is 9.72 Å². The maximum atomic E-state index is 12.4. The number of fused-ring (bicyclic) bond motifs is 1. The Balaban J connectivity index is 1.75. The Hall–Kier alpha value is -2.10. The molecule has 1 atom stereocenters. The van der Waals surface area contributed by atoms with Gasteiger partial charge in [0, 0.05) is 18.4 Å². The highest BCUT2D eigenvalue weighted by molar-refractivity contribution is 5.94. The van der Waals surface area contributed by atoms with E-state index in [0.717, 1.165) is 24.2 Å². The Morgan fingerprint density at radius 3 is 2.95 bits per heavy atom. The van der Waals surface area contributed by atoms with Crippen molar-refractivity contribution >= 4 is 11.6 Å². The van der Waals surface area contributed by atoms with Gasteiger partial charge in [0.25, 0.3) is 5.91 Å². The number of nitrogens with one attached hydrogen (secondary N) is 1. The van der Waals surface area contributed by atoms with Crippen LogP contribution >= 0.6 is 0 Å². The molecule has 0 saturated carbocycles. The summed E-state index contributed by atoms with van der Waals surface area (Å²) >= 11 is 0. The highest BCUT2D eigenvalue weighted by atomic mass is 16.1. The highest BCUT2D eigenvalue weighted by Crippen LogP contribution is 2.20. The van der Waals surface area contributed by atoms with Crippen LogP contribution in [0.4, 0.5) is 0 Å². The zero-order chi connectivity index (χ0) is 14.8. The molecule has 0 spiro atoms. The molecular formula is C17H21N3O. The van der Waals surface area contributed by atoms with E-state index in [2.05, 4.69) is 23.3 Å². The summed E-state index contributed by atoms with van der Waals surface area (Å²) < 4.78 is 1.90. The van der Waals surface area contributed by atoms with Gasteiger partial charge in [-0.2, -0.15) is 0 Å². The highest BCUT2D eigenvalue weighted by Gasteiger charge is 2.15. The number of hydrogen-bond acceptors (Lipinski definition) is 2. The van der Waals surface area contributed by atoms with Gasteiger partial charge in [-0.1, -0.05) is 11.6 Å². The number of imidazole rings is 1. The Labute approximate surface area is 124 Å². The lowest BCUT2D eigenvalue weighted by Crippen LogP contribution is -2.34. The van der Waals surface area contributed by atoms with Crippen molar-refractivity contribution in [2.24, 2.45) is 0 Å². The first-order valence-corrected chi connectivity index (χ1v) is 7.58. The van der Waals surface area contributed by atoms with Crippen LogP contribution in [0.3, 0.4) is 0 Å². The molecule has 0 fully saturated rings. The average molecular weight is 283 g/mol. The van der Waals surface area contributed by atoms with Crippen molar-refractivity contribution in [2.75, 3.05) is 0 Å². The lowest BCUT2D eigenvalue weighted by molar-refractivity contribution is 0.0944. The molecule has 110 valence electrons. The van der Waals surface area contributed by atoms with Crippen LogP contribution in [0.1, 0.15) is 48.7 Å². The summed E-state index contributed by atoms with van der Waals surface area (Å²) in [6.45, 7) is 4.01. The van der Waals surface area contributed by atoms with E-state index >= 15 is 0 Å². The van der Waals surface area contributed by atoms with Crippen molar-refractivity contribution < 1.29 is 4.79 Å². The van der Waals surface area contributed by atoms with Crippen molar-refractivity contribution in [3.8, 4) is 0 Å². The summed E-state index contributed by atoms with van der Waals surface area (Å²) in [6.07, 6.45) is 10.8. The molecule has 3 rings (SSSR count). The SMILES string of the molecule is Cc1cn2cc(C(=O)N[C@@H](C)C3=CCCCC3)ccc2n1. The molecule has 0 unspecified atom stereocenters. The normalized spacial score (nSPS) is 16.6. The van der Waals surface area contributed by atoms with Crippen molar-refractivity contribution in [3.05, 3.63) is 47.4 Å². The monoisotopic (exact) mass is 283 g/mol. The minimum atomic E-state index is -0.0257. The van der Waals surface area contributed by atoms with E-state index in [0.29, 0.717) is 5.56 Å². The van der Waals surface area contributed by atoms with Gasteiger partial charge in [-0.3, -0.25) is 4.79 Å². The predicted octanol–water partition coefficient (Wildman–Crippen LogP) is 3.26. The minimum Gasteiger partial charge on any atom is -0.346 e. The van der Waals surface area contributed by atoms with Gasteiger partial charge in [0.2, 0.25) is 0 Å². The molecule has 1 N–H and O–H groups in total. The van der Waals surface area contributed by atoms with Crippen LogP contribution in [-0.4, -0.2) is 21.3 Å². The van der Waals surface area contributed by atoms with Crippen molar-refractivity contribution in [1.29, 1.82) is 0 Å². The zero-order valence-electron chi connectivity index (χ0n) is 12.6. The summed E-state index contributed by atoms with van der Waals surface area (Å²) in [5, 5.41) is 3.10. The summed E-state index contributed by atoms with van der Waals surface area (Å²) in [7, 11) is 0. The molecule has 2 aromatic rings. The van der Waals surface area contributed by atoms with Crippen molar-refractivity contribution in [1.82, 2.24) is 14.7 Å². The van der Waals surface area contributed by atoms with E-state index in [1.807, 2.05) is 35.9 Å². The molecule has 2 heterocycles. The number of aryl methyl sites for hydroxylation is 1. The smallest absolute Gasteiger partial charge is 0.253 e. The van der Waals surface area contributed by atoms with Crippen molar-refractivity contribution in [2.45, 2.75) is 45.6 Å². The number of allylic oxidation sites excluding steroid dienone is 1. The number of pyridine rings is 1. The fourth-order valence-corrected chi connectivity index (χ4v) is 2.88. The van der Waals surface area contributed by atoms with Gasteiger partial charge in [-0.15, -0.1) is 0 Å². The van der Waals surface area contributed by atoms with Crippen LogP contribution in [0.15, 0.2) is 36.2 Å². The molecule has 0 radical (unpaired) electrons. The van der Waals surface area contributed by atoms with E-state index in [-0.39, 0.29) is 11.9 Å². The second kappa shape index (κ2) is 5.72. The molecule has 0 saturated heterocycles. The Morgan fingerprint density at radius 1 is 1.33 bits per heavy atom. The molecule has 0 aromatic carbocycles. The van der Waals surface area contributed by atoms with Gasteiger partial charge in [-0.05, 0) is 51.7 Å². The maximum absolute atomic E-state index is 12.4. The Morgan fingerprint density at radius 2 is 2.19 bits per heavy atom. The Bertz CT molecular complexity index is 699. The number of aromatic nitrogens is 2. The first-order valence-electron chi connectivity index (χ1n) is 7.58. The zero-order valence-corrected chi connectivity index (χ0v) is 12.6. The van der Waals surface area contributed by atoms with Gasteiger partial charge in [-0.25, -0.2) is 4.98 Å². The molecule has 0 bridgehead atoms. The van der Waals surface area contributed by atoms with E-state index in [1.54, 1.807) is 0 Å². The summed E-state index contributed by atoms with van der Waals surface area (Å²) in [6, 6.07) is 3.82. The van der Waals surface area contributed by atoms with Gasteiger partial charge in [0.15, 0.2) is 0 Å². The number of hydrogen-bond donors (Lipinski definition) is 1. The standard InChI is InChI=1S/C17H21N3O/c1-12-10-20-11-15(8-9-16(20)18-12)17(21)19-13(2)14-6-4-3-5-7-14/h6,8-11,13H,3-5,7H2,1-2H3,(H,19,21)/t13-/m0/s1. The fourth-order valence-electron chi connectivity index (χ4n) is 2.88. The van der Waals surface area contributed by atoms with Crippen LogP contribution in [-0.2, 0) is 0 Å². The molecule has 1 aliphatic rings. The molecule has 21 heavy (non-hydrogen) atoms. The second-order valence-electron chi connectivity index (χ2n) is 5.79. The first kappa shape index (κ1) is 13.9. The van der Waals surface area contributed by atoms with E-state index in [4.69, 9.17) is 0 Å². The second-order valence-corrected chi connectivity index (χ2v) is 5.79.